The number of hydrogen-bond acceptors (Lipinski definition) is 4. The van der Waals surface area contributed by atoms with Crippen LogP contribution in [0.15, 0.2) is 18.3 Å². The fourth-order valence-corrected chi connectivity index (χ4v) is 1.89. The minimum Gasteiger partial charge on any atom is -0.342 e. The number of nitrogens with one attached hydrogen (secondary N) is 1. The zero-order chi connectivity index (χ0) is 14.5. The molecule has 1 aliphatic rings. The SMILES string of the molecule is Cc1ccc(NC(=O)C(=O)N2CCN(C=O)CC2)nc1. The van der Waals surface area contributed by atoms with E-state index in [9.17, 15) is 14.4 Å². The number of nitrogens with zero attached hydrogens (tertiary/aromatic N) is 3. The molecule has 1 aromatic rings. The Morgan fingerprint density at radius 3 is 2.50 bits per heavy atom. The lowest BCUT2D eigenvalue weighted by Gasteiger charge is -2.31. The van der Waals surface area contributed by atoms with E-state index >= 15 is 0 Å². The molecular formula is C13H16N4O3. The molecule has 0 atom stereocenters. The van der Waals surface area contributed by atoms with Gasteiger partial charge in [-0.05, 0) is 18.6 Å². The van der Waals surface area contributed by atoms with Crippen LogP contribution in [0.1, 0.15) is 5.56 Å². The van der Waals surface area contributed by atoms with Gasteiger partial charge in [0.05, 0.1) is 0 Å². The van der Waals surface area contributed by atoms with Gasteiger partial charge in [0.15, 0.2) is 0 Å². The van der Waals surface area contributed by atoms with Crippen molar-refractivity contribution in [2.75, 3.05) is 31.5 Å². The average molecular weight is 276 g/mol. The lowest BCUT2D eigenvalue weighted by Crippen LogP contribution is -2.51. The highest BCUT2D eigenvalue weighted by Crippen LogP contribution is 2.05. The lowest BCUT2D eigenvalue weighted by molar-refractivity contribution is -0.144. The van der Waals surface area contributed by atoms with Gasteiger partial charge in [-0.15, -0.1) is 0 Å². The summed E-state index contributed by atoms with van der Waals surface area (Å²) in [5, 5.41) is 2.47. The molecule has 0 bridgehead atoms. The van der Waals surface area contributed by atoms with Crippen molar-refractivity contribution in [3.05, 3.63) is 23.9 Å². The van der Waals surface area contributed by atoms with Crippen LogP contribution in [0.5, 0.6) is 0 Å². The van der Waals surface area contributed by atoms with Crippen molar-refractivity contribution in [1.82, 2.24) is 14.8 Å². The number of piperazine rings is 1. The van der Waals surface area contributed by atoms with Gasteiger partial charge in [0.25, 0.3) is 0 Å². The fraction of sp³-hybridized carbons (Fsp3) is 0.385. The first-order valence-corrected chi connectivity index (χ1v) is 6.32. The van der Waals surface area contributed by atoms with Crippen LogP contribution in [0.4, 0.5) is 5.82 Å². The van der Waals surface area contributed by atoms with Crippen LogP contribution < -0.4 is 5.32 Å². The number of carbonyl (C=O) groups excluding carboxylic acids is 3. The van der Waals surface area contributed by atoms with Crippen LogP contribution in [0.3, 0.4) is 0 Å². The highest BCUT2D eigenvalue weighted by atomic mass is 16.2. The average Bonchev–Trinajstić information content (AvgIpc) is 2.49. The second-order valence-corrected chi connectivity index (χ2v) is 4.61. The van der Waals surface area contributed by atoms with Gasteiger partial charge >= 0.3 is 11.8 Å². The van der Waals surface area contributed by atoms with E-state index in [-0.39, 0.29) is 0 Å². The number of aryl methyl sites for hydroxylation is 1. The van der Waals surface area contributed by atoms with Crippen LogP contribution in [-0.4, -0.2) is 59.2 Å². The first-order chi connectivity index (χ1) is 9.60. The molecule has 7 heteroatoms. The molecule has 0 aliphatic carbocycles. The zero-order valence-electron chi connectivity index (χ0n) is 11.2. The van der Waals surface area contributed by atoms with Gasteiger partial charge in [0.1, 0.15) is 5.82 Å². The smallest absolute Gasteiger partial charge is 0.315 e. The maximum absolute atomic E-state index is 11.9. The topological polar surface area (TPSA) is 82.6 Å². The molecule has 7 nitrogen and oxygen atoms in total. The van der Waals surface area contributed by atoms with Crippen molar-refractivity contribution in [2.45, 2.75) is 6.92 Å². The Morgan fingerprint density at radius 2 is 1.95 bits per heavy atom. The molecule has 1 saturated heterocycles. The number of hydrogen-bond donors (Lipinski definition) is 1. The van der Waals surface area contributed by atoms with E-state index in [0.29, 0.717) is 32.0 Å². The standard InChI is InChI=1S/C13H16N4O3/c1-10-2-3-11(14-8-10)15-12(19)13(20)17-6-4-16(9-18)5-7-17/h2-3,8-9H,4-7H2,1H3,(H,14,15,19). The Labute approximate surface area is 116 Å². The van der Waals surface area contributed by atoms with Crippen LogP contribution in [-0.2, 0) is 14.4 Å². The predicted molar refractivity (Wildman–Crippen MR) is 71.8 cm³/mol. The first-order valence-electron chi connectivity index (χ1n) is 6.32. The maximum atomic E-state index is 11.9. The van der Waals surface area contributed by atoms with Crippen molar-refractivity contribution < 1.29 is 14.4 Å². The summed E-state index contributed by atoms with van der Waals surface area (Å²) >= 11 is 0. The van der Waals surface area contributed by atoms with Gasteiger partial charge in [-0.3, -0.25) is 14.4 Å². The Balaban J connectivity index is 1.90. The molecule has 1 aromatic heterocycles. The number of carbonyl (C=O) groups is 3. The Hall–Kier alpha value is -2.44. The molecule has 2 heterocycles. The quantitative estimate of drug-likeness (QED) is 0.590. The Morgan fingerprint density at radius 1 is 1.25 bits per heavy atom. The van der Waals surface area contributed by atoms with Gasteiger partial charge in [-0.25, -0.2) is 4.98 Å². The second kappa shape index (κ2) is 6.14. The molecule has 0 saturated carbocycles. The van der Waals surface area contributed by atoms with Crippen LogP contribution in [0.25, 0.3) is 0 Å². The van der Waals surface area contributed by atoms with E-state index in [4.69, 9.17) is 0 Å². The molecule has 2 rings (SSSR count). The maximum Gasteiger partial charge on any atom is 0.315 e. The zero-order valence-corrected chi connectivity index (χ0v) is 11.2. The molecule has 3 amide bonds. The van der Waals surface area contributed by atoms with Crippen LogP contribution in [0.2, 0.25) is 0 Å². The van der Waals surface area contributed by atoms with Crippen molar-refractivity contribution in [1.29, 1.82) is 0 Å². The summed E-state index contributed by atoms with van der Waals surface area (Å²) < 4.78 is 0. The summed E-state index contributed by atoms with van der Waals surface area (Å²) in [6.45, 7) is 3.52. The van der Waals surface area contributed by atoms with E-state index in [1.165, 1.54) is 4.90 Å². The van der Waals surface area contributed by atoms with Gasteiger partial charge < -0.3 is 15.1 Å². The summed E-state index contributed by atoms with van der Waals surface area (Å²) in [6, 6.07) is 3.45. The highest BCUT2D eigenvalue weighted by Gasteiger charge is 2.25. The molecule has 0 aromatic carbocycles. The van der Waals surface area contributed by atoms with E-state index in [0.717, 1.165) is 12.0 Å². The van der Waals surface area contributed by atoms with Crippen molar-refractivity contribution in [3.8, 4) is 0 Å². The van der Waals surface area contributed by atoms with E-state index in [1.54, 1.807) is 23.2 Å². The first kappa shape index (κ1) is 14.0. The van der Waals surface area contributed by atoms with Crippen LogP contribution in [0, 0.1) is 6.92 Å². The molecule has 1 N–H and O–H groups in total. The molecule has 1 aliphatic heterocycles. The summed E-state index contributed by atoms with van der Waals surface area (Å²) in [4.78, 5) is 41.4. The predicted octanol–water partition coefficient (Wildman–Crippen LogP) is -0.371. The third kappa shape index (κ3) is 3.31. The number of anilines is 1. The van der Waals surface area contributed by atoms with E-state index < -0.39 is 11.8 Å². The summed E-state index contributed by atoms with van der Waals surface area (Å²) in [5.74, 6) is -0.959. The lowest BCUT2D eigenvalue weighted by atomic mass is 10.3. The van der Waals surface area contributed by atoms with E-state index in [1.807, 2.05) is 6.92 Å². The molecule has 0 unspecified atom stereocenters. The largest absolute Gasteiger partial charge is 0.342 e. The minimum absolute atomic E-state index is 0.348. The summed E-state index contributed by atoms with van der Waals surface area (Å²) in [7, 11) is 0. The van der Waals surface area contributed by atoms with Gasteiger partial charge in [-0.2, -0.15) is 0 Å². The van der Waals surface area contributed by atoms with Crippen molar-refractivity contribution in [2.24, 2.45) is 0 Å². The third-order valence-electron chi connectivity index (χ3n) is 3.10. The third-order valence-corrected chi connectivity index (χ3v) is 3.10. The molecule has 1 fully saturated rings. The molecular weight excluding hydrogens is 260 g/mol. The van der Waals surface area contributed by atoms with Crippen molar-refractivity contribution >= 4 is 24.0 Å². The fourth-order valence-electron chi connectivity index (χ4n) is 1.89. The second-order valence-electron chi connectivity index (χ2n) is 4.61. The summed E-state index contributed by atoms with van der Waals surface area (Å²) in [6.07, 6.45) is 2.36. The Bertz CT molecular complexity index is 507. The van der Waals surface area contributed by atoms with Crippen LogP contribution >= 0.6 is 0 Å². The molecule has 106 valence electrons. The Kier molecular flexibility index (Phi) is 4.29. The van der Waals surface area contributed by atoms with Crippen molar-refractivity contribution in [3.63, 3.8) is 0 Å². The van der Waals surface area contributed by atoms with E-state index in [2.05, 4.69) is 10.3 Å². The highest BCUT2D eigenvalue weighted by molar-refractivity contribution is 6.39. The number of pyridine rings is 1. The normalized spacial score (nSPS) is 14.8. The molecule has 0 spiro atoms. The number of rotatable bonds is 2. The van der Waals surface area contributed by atoms with Gasteiger partial charge in [-0.1, -0.05) is 6.07 Å². The molecule has 20 heavy (non-hydrogen) atoms. The van der Waals surface area contributed by atoms with Gasteiger partial charge in [0.2, 0.25) is 6.41 Å². The monoisotopic (exact) mass is 276 g/mol. The molecule has 0 radical (unpaired) electrons. The number of amides is 3. The summed E-state index contributed by atoms with van der Waals surface area (Å²) in [5.41, 5.74) is 0.972. The van der Waals surface area contributed by atoms with Gasteiger partial charge in [0, 0.05) is 32.4 Å². The minimum atomic E-state index is -0.707. The number of aromatic nitrogens is 1.